The fourth-order valence-electron chi connectivity index (χ4n) is 1.13. The van der Waals surface area contributed by atoms with Crippen LogP contribution in [0.1, 0.15) is 17.3 Å². The number of hydrogen-bond donors (Lipinski definition) is 2. The standard InChI is InChI=1S/C11H10Cl2N2O4/c1-5(9(16)15-11(14)18)19-10(17)6-2-3-7(12)8(13)4-6/h2-5H,1H3,(H3,14,15,16,18)/t5-/m1/s1. The molecule has 102 valence electrons. The summed E-state index contributed by atoms with van der Waals surface area (Å²) in [4.78, 5) is 33.5. The summed E-state index contributed by atoms with van der Waals surface area (Å²) in [5.74, 6) is -1.59. The number of halogens is 2. The zero-order valence-corrected chi connectivity index (χ0v) is 11.3. The van der Waals surface area contributed by atoms with Crippen molar-refractivity contribution >= 4 is 41.1 Å². The van der Waals surface area contributed by atoms with Gasteiger partial charge in [-0.3, -0.25) is 10.1 Å². The Kier molecular flexibility index (Phi) is 5.14. The SMILES string of the molecule is C[C@@H](OC(=O)c1ccc(Cl)c(Cl)c1)C(=O)NC(N)=O. The molecule has 0 saturated carbocycles. The van der Waals surface area contributed by atoms with Gasteiger partial charge in [0.2, 0.25) is 0 Å². The first-order valence-corrected chi connectivity index (χ1v) is 5.83. The molecule has 0 bridgehead atoms. The van der Waals surface area contributed by atoms with Gasteiger partial charge in [-0.25, -0.2) is 9.59 Å². The van der Waals surface area contributed by atoms with E-state index >= 15 is 0 Å². The Balaban J connectivity index is 2.71. The Bertz CT molecular complexity index is 533. The number of ether oxygens (including phenoxy) is 1. The van der Waals surface area contributed by atoms with Gasteiger partial charge in [0.25, 0.3) is 5.91 Å². The Morgan fingerprint density at radius 1 is 1.26 bits per heavy atom. The van der Waals surface area contributed by atoms with Crippen molar-refractivity contribution in [2.75, 3.05) is 0 Å². The van der Waals surface area contributed by atoms with Crippen LogP contribution in [0.15, 0.2) is 18.2 Å². The number of carbonyl (C=O) groups excluding carboxylic acids is 3. The second kappa shape index (κ2) is 6.40. The van der Waals surface area contributed by atoms with Gasteiger partial charge in [0.15, 0.2) is 6.10 Å². The lowest BCUT2D eigenvalue weighted by Gasteiger charge is -2.12. The van der Waals surface area contributed by atoms with Crippen molar-refractivity contribution in [2.24, 2.45) is 5.73 Å². The molecule has 0 aromatic heterocycles. The van der Waals surface area contributed by atoms with E-state index in [1.54, 1.807) is 5.32 Å². The number of carbonyl (C=O) groups is 3. The minimum atomic E-state index is -1.17. The van der Waals surface area contributed by atoms with Crippen LogP contribution in [0.5, 0.6) is 0 Å². The third-order valence-corrected chi connectivity index (χ3v) is 2.79. The number of urea groups is 1. The van der Waals surface area contributed by atoms with Crippen molar-refractivity contribution in [3.63, 3.8) is 0 Å². The van der Waals surface area contributed by atoms with Crippen molar-refractivity contribution in [1.29, 1.82) is 0 Å². The molecule has 1 aromatic carbocycles. The number of nitrogens with one attached hydrogen (secondary N) is 1. The highest BCUT2D eigenvalue weighted by atomic mass is 35.5. The van der Waals surface area contributed by atoms with Gasteiger partial charge in [0, 0.05) is 0 Å². The predicted molar refractivity (Wildman–Crippen MR) is 69.1 cm³/mol. The summed E-state index contributed by atoms with van der Waals surface area (Å²) in [6.45, 7) is 1.30. The highest BCUT2D eigenvalue weighted by molar-refractivity contribution is 6.42. The predicted octanol–water partition coefficient (Wildman–Crippen LogP) is 1.73. The number of imide groups is 1. The van der Waals surface area contributed by atoms with Crippen LogP contribution in [0.2, 0.25) is 10.0 Å². The molecule has 1 atom stereocenters. The smallest absolute Gasteiger partial charge is 0.338 e. The topological polar surface area (TPSA) is 98.5 Å². The summed E-state index contributed by atoms with van der Waals surface area (Å²) < 4.78 is 4.83. The third-order valence-electron chi connectivity index (χ3n) is 2.05. The van der Waals surface area contributed by atoms with Crippen LogP contribution in [0, 0.1) is 0 Å². The summed E-state index contributed by atoms with van der Waals surface area (Å²) in [6.07, 6.45) is -1.17. The molecule has 6 nitrogen and oxygen atoms in total. The van der Waals surface area contributed by atoms with E-state index < -0.39 is 24.0 Å². The van der Waals surface area contributed by atoms with Gasteiger partial charge >= 0.3 is 12.0 Å². The number of amides is 3. The molecular formula is C11H10Cl2N2O4. The number of esters is 1. The fraction of sp³-hybridized carbons (Fsp3) is 0.182. The number of benzene rings is 1. The lowest BCUT2D eigenvalue weighted by atomic mass is 10.2. The summed E-state index contributed by atoms with van der Waals surface area (Å²) in [5.41, 5.74) is 4.90. The van der Waals surface area contributed by atoms with E-state index in [-0.39, 0.29) is 15.6 Å². The van der Waals surface area contributed by atoms with Gasteiger partial charge in [-0.05, 0) is 25.1 Å². The van der Waals surface area contributed by atoms with Crippen LogP contribution in [0.3, 0.4) is 0 Å². The van der Waals surface area contributed by atoms with Crippen LogP contribution >= 0.6 is 23.2 Å². The Morgan fingerprint density at radius 2 is 1.89 bits per heavy atom. The number of hydrogen-bond acceptors (Lipinski definition) is 4. The molecule has 1 rings (SSSR count). The minimum Gasteiger partial charge on any atom is -0.449 e. The highest BCUT2D eigenvalue weighted by Gasteiger charge is 2.20. The maximum absolute atomic E-state index is 11.7. The van der Waals surface area contributed by atoms with Crippen molar-refractivity contribution in [2.45, 2.75) is 13.0 Å². The second-order valence-electron chi connectivity index (χ2n) is 3.53. The van der Waals surface area contributed by atoms with Crippen molar-refractivity contribution in [3.05, 3.63) is 33.8 Å². The first-order chi connectivity index (χ1) is 8.81. The first kappa shape index (κ1) is 15.3. The van der Waals surface area contributed by atoms with E-state index in [9.17, 15) is 14.4 Å². The second-order valence-corrected chi connectivity index (χ2v) is 4.34. The van der Waals surface area contributed by atoms with Crippen LogP contribution in [0.4, 0.5) is 4.79 Å². The Morgan fingerprint density at radius 3 is 2.42 bits per heavy atom. The van der Waals surface area contributed by atoms with E-state index in [0.29, 0.717) is 0 Å². The highest BCUT2D eigenvalue weighted by Crippen LogP contribution is 2.23. The number of nitrogens with two attached hydrogens (primary N) is 1. The molecule has 0 spiro atoms. The van der Waals surface area contributed by atoms with Gasteiger partial charge < -0.3 is 10.5 Å². The van der Waals surface area contributed by atoms with Gasteiger partial charge in [-0.15, -0.1) is 0 Å². The largest absolute Gasteiger partial charge is 0.449 e. The zero-order valence-electron chi connectivity index (χ0n) is 9.78. The fourth-order valence-corrected chi connectivity index (χ4v) is 1.43. The molecule has 19 heavy (non-hydrogen) atoms. The zero-order chi connectivity index (χ0) is 14.6. The normalized spacial score (nSPS) is 11.5. The van der Waals surface area contributed by atoms with Gasteiger partial charge in [0.1, 0.15) is 0 Å². The Hall–Kier alpha value is -1.79. The Labute approximate surface area is 118 Å². The van der Waals surface area contributed by atoms with E-state index in [4.69, 9.17) is 33.7 Å². The molecule has 3 amide bonds. The van der Waals surface area contributed by atoms with E-state index in [0.717, 1.165) is 0 Å². The lowest BCUT2D eigenvalue weighted by molar-refractivity contribution is -0.127. The average Bonchev–Trinajstić information content (AvgIpc) is 2.31. The summed E-state index contributed by atoms with van der Waals surface area (Å²) >= 11 is 11.4. The van der Waals surface area contributed by atoms with E-state index in [1.165, 1.54) is 25.1 Å². The van der Waals surface area contributed by atoms with Crippen molar-refractivity contribution in [3.8, 4) is 0 Å². The molecule has 0 radical (unpaired) electrons. The molecule has 1 aromatic rings. The van der Waals surface area contributed by atoms with E-state index in [1.807, 2.05) is 0 Å². The summed E-state index contributed by atoms with van der Waals surface area (Å²) in [7, 11) is 0. The molecular weight excluding hydrogens is 295 g/mol. The van der Waals surface area contributed by atoms with Crippen molar-refractivity contribution in [1.82, 2.24) is 5.32 Å². The molecule has 0 aliphatic rings. The van der Waals surface area contributed by atoms with Crippen LogP contribution in [-0.4, -0.2) is 24.0 Å². The quantitative estimate of drug-likeness (QED) is 0.831. The van der Waals surface area contributed by atoms with Crippen LogP contribution in [-0.2, 0) is 9.53 Å². The molecule has 0 saturated heterocycles. The van der Waals surface area contributed by atoms with Gasteiger partial charge in [-0.2, -0.15) is 0 Å². The summed E-state index contributed by atoms with van der Waals surface area (Å²) in [5, 5.41) is 2.27. The summed E-state index contributed by atoms with van der Waals surface area (Å²) in [6, 6.07) is 3.11. The molecule has 0 aliphatic heterocycles. The van der Waals surface area contributed by atoms with Gasteiger partial charge in [-0.1, -0.05) is 23.2 Å². The molecule has 0 unspecified atom stereocenters. The first-order valence-electron chi connectivity index (χ1n) is 5.07. The number of primary amides is 1. The van der Waals surface area contributed by atoms with Crippen molar-refractivity contribution < 1.29 is 19.1 Å². The minimum absolute atomic E-state index is 0.133. The molecule has 3 N–H and O–H groups in total. The average molecular weight is 305 g/mol. The third kappa shape index (κ3) is 4.42. The van der Waals surface area contributed by atoms with E-state index in [2.05, 4.69) is 0 Å². The van der Waals surface area contributed by atoms with Crippen LogP contribution in [0.25, 0.3) is 0 Å². The maximum Gasteiger partial charge on any atom is 0.338 e. The monoisotopic (exact) mass is 304 g/mol. The molecule has 0 fully saturated rings. The lowest BCUT2D eigenvalue weighted by Crippen LogP contribution is -2.42. The molecule has 0 heterocycles. The number of rotatable bonds is 3. The molecule has 8 heteroatoms. The van der Waals surface area contributed by atoms with Gasteiger partial charge in [0.05, 0.1) is 15.6 Å². The molecule has 0 aliphatic carbocycles. The maximum atomic E-state index is 11.7. The van der Waals surface area contributed by atoms with Crippen LogP contribution < -0.4 is 11.1 Å².